The molecule has 0 bridgehead atoms. The first-order valence-electron chi connectivity index (χ1n) is 10.4. The highest BCUT2D eigenvalue weighted by Crippen LogP contribution is 2.54. The van der Waals surface area contributed by atoms with Crippen LogP contribution in [0.2, 0.25) is 0 Å². The predicted molar refractivity (Wildman–Crippen MR) is 113 cm³/mol. The quantitative estimate of drug-likeness (QED) is 0.742. The lowest BCUT2D eigenvalue weighted by atomic mass is 9.79. The van der Waals surface area contributed by atoms with Crippen LogP contribution >= 0.6 is 0 Å². The largest absolute Gasteiger partial charge is 0.490 e. The number of ether oxygens (including phenoxy) is 2. The maximum absolute atomic E-state index is 13.5. The lowest BCUT2D eigenvalue weighted by Crippen LogP contribution is -2.34. The number of carboxylic acid groups (broad SMARTS) is 1. The molecule has 0 unspecified atom stereocenters. The molecule has 2 aliphatic rings. The van der Waals surface area contributed by atoms with Gasteiger partial charge >= 0.3 is 5.97 Å². The van der Waals surface area contributed by atoms with Gasteiger partial charge in [0.15, 0.2) is 0 Å². The second-order valence-electron chi connectivity index (χ2n) is 8.42. The van der Waals surface area contributed by atoms with Crippen molar-refractivity contribution < 1.29 is 23.8 Å². The van der Waals surface area contributed by atoms with Gasteiger partial charge in [0, 0.05) is 11.5 Å². The molecule has 1 N–H and O–H groups in total. The molecule has 160 valence electrons. The Morgan fingerprint density at radius 2 is 2.03 bits per heavy atom. The van der Waals surface area contributed by atoms with Crippen LogP contribution in [0.25, 0.3) is 5.57 Å². The zero-order valence-electron chi connectivity index (χ0n) is 17.5. The van der Waals surface area contributed by atoms with Crippen LogP contribution in [-0.4, -0.2) is 29.4 Å². The number of aliphatic carboxylic acids is 1. The van der Waals surface area contributed by atoms with E-state index >= 15 is 0 Å². The number of nitrogens with zero attached hydrogens (tertiary/aromatic N) is 1. The molecule has 1 aliphatic carbocycles. The molecule has 4 rings (SSSR count). The van der Waals surface area contributed by atoms with Gasteiger partial charge < -0.3 is 14.6 Å². The maximum Gasteiger partial charge on any atom is 0.307 e. The first-order valence-corrected chi connectivity index (χ1v) is 10.4. The maximum atomic E-state index is 13.5. The molecular weight excluding hydrogens is 397 g/mol. The van der Waals surface area contributed by atoms with Crippen LogP contribution in [0.1, 0.15) is 49.3 Å². The molecule has 1 heterocycles. The molecule has 5 nitrogen and oxygen atoms in total. The molecule has 3 atom stereocenters. The van der Waals surface area contributed by atoms with Crippen LogP contribution in [0.4, 0.5) is 4.39 Å². The Hall–Kier alpha value is -3.17. The number of carboxylic acids is 1. The molecule has 6 heteroatoms. The molecule has 1 aliphatic heterocycles. The number of hydrogen-bond donors (Lipinski definition) is 1. The van der Waals surface area contributed by atoms with Crippen LogP contribution in [0.3, 0.4) is 0 Å². The Balaban J connectivity index is 1.79. The highest BCUT2D eigenvalue weighted by atomic mass is 19.1. The van der Waals surface area contributed by atoms with Crippen molar-refractivity contribution in [2.24, 2.45) is 5.92 Å². The smallest absolute Gasteiger partial charge is 0.307 e. The van der Waals surface area contributed by atoms with Crippen molar-refractivity contribution in [1.29, 1.82) is 5.26 Å². The molecule has 1 fully saturated rings. The molecule has 2 aromatic carbocycles. The van der Waals surface area contributed by atoms with Gasteiger partial charge in [-0.3, -0.25) is 4.79 Å². The third-order valence-corrected chi connectivity index (χ3v) is 6.05. The van der Waals surface area contributed by atoms with Gasteiger partial charge in [-0.2, -0.15) is 5.26 Å². The predicted octanol–water partition coefficient (Wildman–Crippen LogP) is 4.92. The molecule has 1 spiro atoms. The Bertz CT molecular complexity index is 1070. The van der Waals surface area contributed by atoms with Crippen molar-refractivity contribution in [2.45, 2.75) is 44.3 Å². The van der Waals surface area contributed by atoms with Crippen molar-refractivity contribution in [1.82, 2.24) is 0 Å². The van der Waals surface area contributed by atoms with Gasteiger partial charge in [0.25, 0.3) is 0 Å². The van der Waals surface area contributed by atoms with Gasteiger partial charge in [-0.25, -0.2) is 4.39 Å². The molecule has 2 aromatic rings. The summed E-state index contributed by atoms with van der Waals surface area (Å²) >= 11 is 0. The molecule has 0 radical (unpaired) electrons. The summed E-state index contributed by atoms with van der Waals surface area (Å²) in [5.41, 5.74) is 2.10. The fourth-order valence-corrected chi connectivity index (χ4v) is 4.77. The fourth-order valence-electron chi connectivity index (χ4n) is 4.77. The number of halogens is 1. The van der Waals surface area contributed by atoms with E-state index in [0.29, 0.717) is 24.2 Å². The summed E-state index contributed by atoms with van der Waals surface area (Å²) in [5.74, 6) is -1.65. The van der Waals surface area contributed by atoms with Gasteiger partial charge in [0.05, 0.1) is 35.9 Å². The third-order valence-electron chi connectivity index (χ3n) is 6.05. The number of hydrogen-bond acceptors (Lipinski definition) is 4. The zero-order valence-corrected chi connectivity index (χ0v) is 17.5. The van der Waals surface area contributed by atoms with Gasteiger partial charge in [-0.1, -0.05) is 12.1 Å². The zero-order chi connectivity index (χ0) is 22.2. The summed E-state index contributed by atoms with van der Waals surface area (Å²) in [6, 6.07) is 13.4. The van der Waals surface area contributed by atoms with E-state index < -0.39 is 23.4 Å². The van der Waals surface area contributed by atoms with E-state index in [0.717, 1.165) is 16.7 Å². The van der Waals surface area contributed by atoms with E-state index in [1.165, 1.54) is 12.1 Å². The molecule has 0 amide bonds. The Labute approximate surface area is 180 Å². The lowest BCUT2D eigenvalue weighted by Gasteiger charge is -2.31. The van der Waals surface area contributed by atoms with Gasteiger partial charge in [-0.15, -0.1) is 0 Å². The number of nitriles is 1. The number of benzene rings is 2. The molecular formula is C25H24FNO4. The van der Waals surface area contributed by atoms with E-state index in [1.54, 1.807) is 30.3 Å². The van der Waals surface area contributed by atoms with Crippen LogP contribution in [0, 0.1) is 23.1 Å². The second-order valence-corrected chi connectivity index (χ2v) is 8.42. The van der Waals surface area contributed by atoms with Crippen molar-refractivity contribution in [3.63, 3.8) is 0 Å². The molecule has 0 saturated heterocycles. The average Bonchev–Trinajstić information content (AvgIpc) is 3.33. The molecule has 1 saturated carbocycles. The van der Waals surface area contributed by atoms with E-state index in [1.807, 2.05) is 19.9 Å². The van der Waals surface area contributed by atoms with Crippen molar-refractivity contribution >= 4 is 11.5 Å². The van der Waals surface area contributed by atoms with E-state index in [9.17, 15) is 19.6 Å². The van der Waals surface area contributed by atoms with Gasteiger partial charge in [-0.05, 0) is 74.2 Å². The second kappa shape index (κ2) is 8.16. The summed E-state index contributed by atoms with van der Waals surface area (Å²) in [6.45, 7) is 4.15. The SMILES string of the molecule is CC(C)Oc1ccc(C#N)cc1C1=C[C@@]2(CC[C@H](C(=O)O)[C@H]2c2ccc(F)cc2)OC1. The standard InChI is InChI=1S/C25H24FNO4/c1-15(2)31-22-8-3-16(13-27)11-21(22)18-12-25(30-14-18)10-9-20(24(28)29)23(25)17-4-6-19(26)7-5-17/h3-8,11-12,15,20,23H,9-10,14H2,1-2H3,(H,28,29)/t20-,23+,25+/m0/s1. The van der Waals surface area contributed by atoms with E-state index in [2.05, 4.69) is 6.07 Å². The molecule has 0 aromatic heterocycles. The third kappa shape index (κ3) is 3.94. The van der Waals surface area contributed by atoms with Crippen molar-refractivity contribution in [3.8, 4) is 11.8 Å². The van der Waals surface area contributed by atoms with Gasteiger partial charge in [0.2, 0.25) is 0 Å². The van der Waals surface area contributed by atoms with Crippen LogP contribution < -0.4 is 4.74 Å². The fraction of sp³-hybridized carbons (Fsp3) is 0.360. The van der Waals surface area contributed by atoms with Gasteiger partial charge in [0.1, 0.15) is 11.6 Å². The van der Waals surface area contributed by atoms with Crippen LogP contribution in [-0.2, 0) is 9.53 Å². The topological polar surface area (TPSA) is 79.5 Å². The number of carbonyl (C=O) groups is 1. The highest BCUT2D eigenvalue weighted by Gasteiger charge is 2.53. The normalized spacial score (nSPS) is 24.9. The minimum atomic E-state index is -0.882. The van der Waals surface area contributed by atoms with Crippen LogP contribution in [0.5, 0.6) is 5.75 Å². The lowest BCUT2D eigenvalue weighted by molar-refractivity contribution is -0.142. The first-order chi connectivity index (χ1) is 14.8. The van der Waals surface area contributed by atoms with Crippen molar-refractivity contribution in [3.05, 3.63) is 71.0 Å². The summed E-state index contributed by atoms with van der Waals surface area (Å²) in [6.07, 6.45) is 2.97. The Morgan fingerprint density at radius 3 is 2.68 bits per heavy atom. The summed E-state index contributed by atoms with van der Waals surface area (Å²) < 4.78 is 25.7. The average molecular weight is 421 g/mol. The Kier molecular flexibility index (Phi) is 5.55. The summed E-state index contributed by atoms with van der Waals surface area (Å²) in [5, 5.41) is 19.2. The summed E-state index contributed by atoms with van der Waals surface area (Å²) in [4.78, 5) is 12.0. The minimum Gasteiger partial charge on any atom is -0.490 e. The van der Waals surface area contributed by atoms with E-state index in [-0.39, 0.29) is 18.5 Å². The highest BCUT2D eigenvalue weighted by molar-refractivity contribution is 5.77. The summed E-state index contributed by atoms with van der Waals surface area (Å²) in [7, 11) is 0. The van der Waals surface area contributed by atoms with E-state index in [4.69, 9.17) is 9.47 Å². The monoisotopic (exact) mass is 421 g/mol. The first kappa shape index (κ1) is 21.1. The number of rotatable bonds is 5. The van der Waals surface area contributed by atoms with Crippen LogP contribution in [0.15, 0.2) is 48.5 Å². The Morgan fingerprint density at radius 1 is 1.29 bits per heavy atom. The molecule has 31 heavy (non-hydrogen) atoms. The minimum absolute atomic E-state index is 0.0431. The van der Waals surface area contributed by atoms with Crippen molar-refractivity contribution in [2.75, 3.05) is 6.61 Å².